The summed E-state index contributed by atoms with van der Waals surface area (Å²) in [5, 5.41) is 0. The number of ether oxygens (including phenoxy) is 2. The third-order valence-electron chi connectivity index (χ3n) is 5.26. The van der Waals surface area contributed by atoms with Crippen LogP contribution in [0.25, 0.3) is 0 Å². The number of amides is 1. The fourth-order valence-corrected chi connectivity index (χ4v) is 3.48. The number of nitrogens with zero attached hydrogens (tertiary/aromatic N) is 2. The quantitative estimate of drug-likeness (QED) is 0.576. The van der Waals surface area contributed by atoms with Crippen LogP contribution in [-0.4, -0.2) is 43.6 Å². The largest absolute Gasteiger partial charge is 0.489 e. The molecule has 0 aromatic heterocycles. The van der Waals surface area contributed by atoms with Crippen molar-refractivity contribution in [3.63, 3.8) is 0 Å². The molecule has 3 aromatic rings. The molecule has 1 amide bonds. The average Bonchev–Trinajstić information content (AvgIpc) is 2.83. The van der Waals surface area contributed by atoms with E-state index in [1.54, 1.807) is 29.2 Å². The number of benzene rings is 3. The van der Waals surface area contributed by atoms with Gasteiger partial charge in [-0.15, -0.1) is 0 Å². The molecule has 1 heterocycles. The molecule has 0 aliphatic carbocycles. The molecule has 31 heavy (non-hydrogen) atoms. The lowest BCUT2D eigenvalue weighted by Crippen LogP contribution is -2.50. The summed E-state index contributed by atoms with van der Waals surface area (Å²) in [5.41, 5.74) is 2.08. The van der Waals surface area contributed by atoms with Crippen molar-refractivity contribution in [2.75, 3.05) is 37.7 Å². The van der Waals surface area contributed by atoms with Gasteiger partial charge in [0.25, 0.3) is 5.91 Å². The minimum Gasteiger partial charge on any atom is -0.489 e. The number of carbonyl (C=O) groups excluding carboxylic acids is 1. The summed E-state index contributed by atoms with van der Waals surface area (Å²) in [6.07, 6.45) is 0. The first kappa shape index (κ1) is 20.7. The average molecular weight is 420 g/mol. The van der Waals surface area contributed by atoms with Gasteiger partial charge in [-0.3, -0.25) is 4.79 Å². The third kappa shape index (κ3) is 5.75. The highest BCUT2D eigenvalue weighted by Gasteiger charge is 2.21. The molecule has 6 heteroatoms. The van der Waals surface area contributed by atoms with Crippen LogP contribution in [0.3, 0.4) is 0 Å². The summed E-state index contributed by atoms with van der Waals surface area (Å²) in [4.78, 5) is 16.4. The van der Waals surface area contributed by atoms with Crippen LogP contribution in [-0.2, 0) is 11.4 Å². The summed E-state index contributed by atoms with van der Waals surface area (Å²) in [6.45, 7) is 3.16. The second-order valence-electron chi connectivity index (χ2n) is 7.38. The van der Waals surface area contributed by atoms with Gasteiger partial charge in [0.05, 0.1) is 0 Å². The topological polar surface area (TPSA) is 42.0 Å². The fourth-order valence-electron chi connectivity index (χ4n) is 3.48. The molecule has 4 rings (SSSR count). The van der Waals surface area contributed by atoms with Gasteiger partial charge in [-0.25, -0.2) is 4.39 Å². The Bertz CT molecular complexity index is 970. The third-order valence-corrected chi connectivity index (χ3v) is 5.26. The van der Waals surface area contributed by atoms with E-state index < -0.39 is 0 Å². The van der Waals surface area contributed by atoms with Crippen molar-refractivity contribution in [1.29, 1.82) is 0 Å². The lowest BCUT2D eigenvalue weighted by molar-refractivity contribution is -0.133. The van der Waals surface area contributed by atoms with E-state index >= 15 is 0 Å². The predicted octanol–water partition coefficient (Wildman–Crippen LogP) is 4.13. The van der Waals surface area contributed by atoms with Gasteiger partial charge in [0.2, 0.25) is 0 Å². The number of halogens is 1. The minimum absolute atomic E-state index is 0.000761. The zero-order valence-electron chi connectivity index (χ0n) is 17.2. The molecule has 0 spiro atoms. The maximum absolute atomic E-state index is 13.1. The smallest absolute Gasteiger partial charge is 0.260 e. The van der Waals surface area contributed by atoms with Crippen LogP contribution in [0.5, 0.6) is 11.5 Å². The molecule has 0 N–H and O–H groups in total. The molecule has 0 unspecified atom stereocenters. The first-order chi connectivity index (χ1) is 15.2. The molecule has 1 fully saturated rings. The van der Waals surface area contributed by atoms with E-state index in [9.17, 15) is 9.18 Å². The summed E-state index contributed by atoms with van der Waals surface area (Å²) >= 11 is 0. The van der Waals surface area contributed by atoms with Crippen molar-refractivity contribution in [3.8, 4) is 11.5 Å². The molecule has 5 nitrogen and oxygen atoms in total. The standard InChI is InChI=1S/C25H25FN2O3/c26-21-6-8-22(9-7-21)27-14-16-28(17-15-27)25(29)19-31-24-12-10-23(11-13-24)30-18-20-4-2-1-3-5-20/h1-13H,14-19H2. The number of piperazine rings is 1. The fraction of sp³-hybridized carbons (Fsp3) is 0.240. The summed E-state index contributed by atoms with van der Waals surface area (Å²) in [7, 11) is 0. The maximum Gasteiger partial charge on any atom is 0.260 e. The van der Waals surface area contributed by atoms with Crippen molar-refractivity contribution < 1.29 is 18.7 Å². The predicted molar refractivity (Wildman–Crippen MR) is 118 cm³/mol. The van der Waals surface area contributed by atoms with Crippen LogP contribution in [0, 0.1) is 5.82 Å². The molecule has 0 bridgehead atoms. The number of carbonyl (C=O) groups is 1. The Morgan fingerprint density at radius 2 is 1.39 bits per heavy atom. The van der Waals surface area contributed by atoms with Gasteiger partial charge >= 0.3 is 0 Å². The number of anilines is 1. The monoisotopic (exact) mass is 420 g/mol. The zero-order chi connectivity index (χ0) is 21.5. The highest BCUT2D eigenvalue weighted by atomic mass is 19.1. The normalized spacial score (nSPS) is 13.7. The van der Waals surface area contributed by atoms with E-state index in [0.717, 1.165) is 17.0 Å². The molecular weight excluding hydrogens is 395 g/mol. The van der Waals surface area contributed by atoms with Gasteiger partial charge < -0.3 is 19.3 Å². The highest BCUT2D eigenvalue weighted by molar-refractivity contribution is 5.78. The Labute approximate surface area is 181 Å². The van der Waals surface area contributed by atoms with Gasteiger partial charge in [0, 0.05) is 31.9 Å². The summed E-state index contributed by atoms with van der Waals surface area (Å²) in [6, 6.07) is 23.7. The SMILES string of the molecule is O=C(COc1ccc(OCc2ccccc2)cc1)N1CCN(c2ccc(F)cc2)CC1. The van der Waals surface area contributed by atoms with Gasteiger partial charge in [0.1, 0.15) is 23.9 Å². The van der Waals surface area contributed by atoms with E-state index in [-0.39, 0.29) is 18.3 Å². The van der Waals surface area contributed by atoms with E-state index in [2.05, 4.69) is 4.90 Å². The second-order valence-corrected chi connectivity index (χ2v) is 7.38. The Balaban J connectivity index is 1.20. The van der Waals surface area contributed by atoms with Crippen LogP contribution in [0.15, 0.2) is 78.9 Å². The Morgan fingerprint density at radius 1 is 0.774 bits per heavy atom. The van der Waals surface area contributed by atoms with E-state index in [1.807, 2.05) is 42.5 Å². The summed E-state index contributed by atoms with van der Waals surface area (Å²) in [5.74, 6) is 1.10. The molecule has 0 saturated carbocycles. The lowest BCUT2D eigenvalue weighted by atomic mass is 10.2. The van der Waals surface area contributed by atoms with Crippen molar-refractivity contribution in [3.05, 3.63) is 90.2 Å². The Morgan fingerprint density at radius 3 is 2.03 bits per heavy atom. The lowest BCUT2D eigenvalue weighted by Gasteiger charge is -2.36. The minimum atomic E-state index is -0.245. The van der Waals surface area contributed by atoms with E-state index in [0.29, 0.717) is 38.5 Å². The van der Waals surface area contributed by atoms with Crippen molar-refractivity contribution >= 4 is 11.6 Å². The van der Waals surface area contributed by atoms with Crippen LogP contribution in [0.2, 0.25) is 0 Å². The van der Waals surface area contributed by atoms with E-state index in [4.69, 9.17) is 9.47 Å². The molecule has 1 aliphatic heterocycles. The Kier molecular flexibility index (Phi) is 6.67. The van der Waals surface area contributed by atoms with Crippen LogP contribution < -0.4 is 14.4 Å². The molecule has 1 aliphatic rings. The number of hydrogen-bond acceptors (Lipinski definition) is 4. The molecule has 3 aromatic carbocycles. The van der Waals surface area contributed by atoms with Gasteiger partial charge in [0.15, 0.2) is 6.61 Å². The zero-order valence-corrected chi connectivity index (χ0v) is 17.2. The molecule has 0 radical (unpaired) electrons. The molecule has 0 atom stereocenters. The Hall–Kier alpha value is -3.54. The van der Waals surface area contributed by atoms with Gasteiger partial charge in [-0.1, -0.05) is 30.3 Å². The van der Waals surface area contributed by atoms with Crippen LogP contribution in [0.1, 0.15) is 5.56 Å². The van der Waals surface area contributed by atoms with Gasteiger partial charge in [-0.05, 0) is 54.1 Å². The molecular formula is C25H25FN2O3. The first-order valence-electron chi connectivity index (χ1n) is 10.4. The van der Waals surface area contributed by atoms with Crippen molar-refractivity contribution in [2.24, 2.45) is 0 Å². The second kappa shape index (κ2) is 9.98. The highest BCUT2D eigenvalue weighted by Crippen LogP contribution is 2.20. The summed E-state index contributed by atoms with van der Waals surface area (Å²) < 4.78 is 24.5. The first-order valence-corrected chi connectivity index (χ1v) is 10.4. The van der Waals surface area contributed by atoms with Gasteiger partial charge in [-0.2, -0.15) is 0 Å². The van der Waals surface area contributed by atoms with Crippen molar-refractivity contribution in [2.45, 2.75) is 6.61 Å². The molecule has 1 saturated heterocycles. The van der Waals surface area contributed by atoms with Crippen LogP contribution in [0.4, 0.5) is 10.1 Å². The number of hydrogen-bond donors (Lipinski definition) is 0. The maximum atomic E-state index is 13.1. The van der Waals surface area contributed by atoms with Crippen molar-refractivity contribution in [1.82, 2.24) is 4.90 Å². The number of rotatable bonds is 7. The molecule has 160 valence electrons. The van der Waals surface area contributed by atoms with E-state index in [1.165, 1.54) is 12.1 Å². The van der Waals surface area contributed by atoms with Crippen LogP contribution >= 0.6 is 0 Å².